The largest absolute Gasteiger partial charge is 0.358 e. The molecule has 1 aromatic heterocycles. The van der Waals surface area contributed by atoms with Crippen LogP contribution in [-0.2, 0) is 4.79 Å². The molecule has 1 atom stereocenters. The number of hydrogen-bond donors (Lipinski definition) is 2. The van der Waals surface area contributed by atoms with Crippen LogP contribution in [0.25, 0.3) is 10.1 Å². The molecule has 4 nitrogen and oxygen atoms in total. The molecule has 2 aromatic rings. The number of nitrogens with one attached hydrogen (secondary N) is 2. The van der Waals surface area contributed by atoms with Crippen LogP contribution in [0, 0.1) is 0 Å². The van der Waals surface area contributed by atoms with Gasteiger partial charge in [0.2, 0.25) is 5.91 Å². The molecule has 0 radical (unpaired) electrons. The van der Waals surface area contributed by atoms with Gasteiger partial charge in [0, 0.05) is 41.8 Å². The average molecular weight is 331 g/mol. The van der Waals surface area contributed by atoms with Crippen LogP contribution in [0.1, 0.15) is 30.7 Å². The van der Waals surface area contributed by atoms with Crippen LogP contribution in [0.4, 0.5) is 0 Å². The fraction of sp³-hybridized carbons (Fsp3) is 0.500. The third-order valence-corrected chi connectivity index (χ3v) is 5.89. The number of benzene rings is 1. The third-order valence-electron chi connectivity index (χ3n) is 4.59. The van der Waals surface area contributed by atoms with Crippen molar-refractivity contribution in [2.24, 2.45) is 0 Å². The minimum atomic E-state index is 0.107. The molecule has 0 aliphatic carbocycles. The summed E-state index contributed by atoms with van der Waals surface area (Å²) in [4.78, 5) is 15.1. The first kappa shape index (κ1) is 16.4. The zero-order valence-electron chi connectivity index (χ0n) is 13.8. The highest BCUT2D eigenvalue weighted by molar-refractivity contribution is 7.19. The number of amides is 1. The van der Waals surface area contributed by atoms with Crippen LogP contribution >= 0.6 is 11.3 Å². The molecule has 0 spiro atoms. The Balaban J connectivity index is 1.53. The summed E-state index contributed by atoms with van der Waals surface area (Å²) in [5.41, 5.74) is 0. The first-order chi connectivity index (χ1) is 11.2. The minimum absolute atomic E-state index is 0.107. The molecule has 23 heavy (non-hydrogen) atoms. The Kier molecular flexibility index (Phi) is 5.30. The average Bonchev–Trinajstić information content (AvgIpc) is 3.00. The Labute approximate surface area is 141 Å². The predicted molar refractivity (Wildman–Crippen MR) is 96.9 cm³/mol. The standard InChI is InChI=1S/C18H25N3OS/c1-13(17-11-14-5-3-4-6-16(14)23-17)20-15-7-9-21(10-8-15)12-18(22)19-2/h3-6,11,13,15,20H,7-10,12H2,1-2H3,(H,19,22)/t13-/m0/s1. The Hall–Kier alpha value is -1.43. The van der Waals surface area contributed by atoms with Gasteiger partial charge in [0.15, 0.2) is 0 Å². The lowest BCUT2D eigenvalue weighted by molar-refractivity contribution is -0.122. The van der Waals surface area contributed by atoms with Crippen molar-refractivity contribution >= 4 is 27.3 Å². The topological polar surface area (TPSA) is 44.4 Å². The van der Waals surface area contributed by atoms with Gasteiger partial charge in [0.1, 0.15) is 0 Å². The van der Waals surface area contributed by atoms with Gasteiger partial charge >= 0.3 is 0 Å². The molecule has 1 amide bonds. The summed E-state index contributed by atoms with van der Waals surface area (Å²) in [5.74, 6) is 0.107. The van der Waals surface area contributed by atoms with Crippen molar-refractivity contribution < 1.29 is 4.79 Å². The Morgan fingerprint density at radius 1 is 1.35 bits per heavy atom. The lowest BCUT2D eigenvalue weighted by atomic mass is 10.0. The van der Waals surface area contributed by atoms with Crippen LogP contribution < -0.4 is 10.6 Å². The van der Waals surface area contributed by atoms with Gasteiger partial charge in [-0.15, -0.1) is 11.3 Å². The summed E-state index contributed by atoms with van der Waals surface area (Å²) >= 11 is 1.88. The van der Waals surface area contributed by atoms with Crippen molar-refractivity contribution in [3.63, 3.8) is 0 Å². The molecule has 2 N–H and O–H groups in total. The SMILES string of the molecule is CNC(=O)CN1CCC(N[C@@H](C)c2cc3ccccc3s2)CC1. The number of likely N-dealkylation sites (N-methyl/N-ethyl adjacent to an activating group) is 1. The van der Waals surface area contributed by atoms with Crippen LogP contribution in [0.2, 0.25) is 0 Å². The van der Waals surface area contributed by atoms with Gasteiger partial charge in [0.25, 0.3) is 0 Å². The van der Waals surface area contributed by atoms with Gasteiger partial charge in [-0.1, -0.05) is 18.2 Å². The second-order valence-electron chi connectivity index (χ2n) is 6.30. The third kappa shape index (κ3) is 4.10. The molecule has 0 saturated carbocycles. The van der Waals surface area contributed by atoms with Gasteiger partial charge in [-0.25, -0.2) is 0 Å². The van der Waals surface area contributed by atoms with E-state index in [2.05, 4.69) is 52.8 Å². The van der Waals surface area contributed by atoms with Gasteiger partial charge in [-0.05, 0) is 37.3 Å². The molecule has 1 aliphatic heterocycles. The maximum absolute atomic E-state index is 11.4. The molecule has 0 unspecified atom stereocenters. The number of fused-ring (bicyclic) bond motifs is 1. The number of likely N-dealkylation sites (tertiary alicyclic amines) is 1. The number of rotatable bonds is 5. The lowest BCUT2D eigenvalue weighted by Crippen LogP contribution is -2.46. The van der Waals surface area contributed by atoms with E-state index in [1.54, 1.807) is 7.05 Å². The van der Waals surface area contributed by atoms with E-state index >= 15 is 0 Å². The molecule has 124 valence electrons. The maximum atomic E-state index is 11.4. The normalized spacial score (nSPS) is 18.2. The second kappa shape index (κ2) is 7.43. The zero-order chi connectivity index (χ0) is 16.2. The predicted octanol–water partition coefficient (Wildman–Crippen LogP) is 2.76. The second-order valence-corrected chi connectivity index (χ2v) is 7.41. The molecule has 5 heteroatoms. The highest BCUT2D eigenvalue weighted by Gasteiger charge is 2.22. The van der Waals surface area contributed by atoms with Crippen molar-refractivity contribution in [1.29, 1.82) is 0 Å². The zero-order valence-corrected chi connectivity index (χ0v) is 14.7. The van der Waals surface area contributed by atoms with Gasteiger partial charge < -0.3 is 10.6 Å². The summed E-state index contributed by atoms with van der Waals surface area (Å²) in [7, 11) is 1.70. The van der Waals surface area contributed by atoms with E-state index in [1.165, 1.54) is 15.0 Å². The van der Waals surface area contributed by atoms with Crippen molar-refractivity contribution in [2.45, 2.75) is 31.8 Å². The van der Waals surface area contributed by atoms with Crippen LogP contribution in [0.3, 0.4) is 0 Å². The van der Waals surface area contributed by atoms with E-state index in [9.17, 15) is 4.79 Å². The molecule has 0 bridgehead atoms. The number of hydrogen-bond acceptors (Lipinski definition) is 4. The Morgan fingerprint density at radius 3 is 2.78 bits per heavy atom. The highest BCUT2D eigenvalue weighted by Crippen LogP contribution is 2.30. The van der Waals surface area contributed by atoms with E-state index in [1.807, 2.05) is 11.3 Å². The van der Waals surface area contributed by atoms with E-state index in [0.717, 1.165) is 25.9 Å². The highest BCUT2D eigenvalue weighted by atomic mass is 32.1. The lowest BCUT2D eigenvalue weighted by Gasteiger charge is -2.33. The van der Waals surface area contributed by atoms with E-state index < -0.39 is 0 Å². The first-order valence-corrected chi connectivity index (χ1v) is 9.15. The molecule has 1 aliphatic rings. The van der Waals surface area contributed by atoms with E-state index in [0.29, 0.717) is 18.6 Å². The van der Waals surface area contributed by atoms with Crippen LogP contribution in [0.15, 0.2) is 30.3 Å². The van der Waals surface area contributed by atoms with Gasteiger partial charge in [-0.2, -0.15) is 0 Å². The van der Waals surface area contributed by atoms with Crippen molar-refractivity contribution in [2.75, 3.05) is 26.7 Å². The molecule has 3 rings (SSSR count). The molecule has 1 saturated heterocycles. The van der Waals surface area contributed by atoms with E-state index in [-0.39, 0.29) is 5.91 Å². The van der Waals surface area contributed by atoms with Crippen LogP contribution in [0.5, 0.6) is 0 Å². The molecule has 1 fully saturated rings. The Morgan fingerprint density at radius 2 is 2.09 bits per heavy atom. The Bertz CT molecular complexity index is 628. The van der Waals surface area contributed by atoms with Gasteiger partial charge in [0.05, 0.1) is 6.54 Å². The fourth-order valence-corrected chi connectivity index (χ4v) is 4.27. The molecule has 2 heterocycles. The summed E-state index contributed by atoms with van der Waals surface area (Å²) in [6, 6.07) is 11.8. The minimum Gasteiger partial charge on any atom is -0.358 e. The smallest absolute Gasteiger partial charge is 0.233 e. The van der Waals surface area contributed by atoms with Crippen LogP contribution in [-0.4, -0.2) is 43.5 Å². The number of carbonyl (C=O) groups is 1. The number of nitrogens with zero attached hydrogens (tertiary/aromatic N) is 1. The van der Waals surface area contributed by atoms with Crippen molar-refractivity contribution in [3.8, 4) is 0 Å². The fourth-order valence-electron chi connectivity index (χ4n) is 3.19. The number of carbonyl (C=O) groups excluding carboxylic acids is 1. The summed E-state index contributed by atoms with van der Waals surface area (Å²) in [5, 5.41) is 7.80. The summed E-state index contributed by atoms with van der Waals surface area (Å²) in [6.07, 6.45) is 2.21. The molecular weight excluding hydrogens is 306 g/mol. The first-order valence-electron chi connectivity index (χ1n) is 8.33. The molecule has 1 aromatic carbocycles. The van der Waals surface area contributed by atoms with Crippen molar-refractivity contribution in [1.82, 2.24) is 15.5 Å². The monoisotopic (exact) mass is 331 g/mol. The summed E-state index contributed by atoms with van der Waals surface area (Å²) in [6.45, 7) is 4.76. The number of piperidine rings is 1. The maximum Gasteiger partial charge on any atom is 0.233 e. The number of thiophene rings is 1. The summed E-state index contributed by atoms with van der Waals surface area (Å²) < 4.78 is 1.36. The quantitative estimate of drug-likeness (QED) is 0.885. The van der Waals surface area contributed by atoms with Gasteiger partial charge in [-0.3, -0.25) is 9.69 Å². The van der Waals surface area contributed by atoms with Crippen molar-refractivity contribution in [3.05, 3.63) is 35.2 Å². The molecular formula is C18H25N3OS. The van der Waals surface area contributed by atoms with E-state index in [4.69, 9.17) is 0 Å².